The molecule has 0 fully saturated rings. The largest absolute Gasteiger partial charge is 0.466 e. The van der Waals surface area contributed by atoms with E-state index in [-0.39, 0.29) is 37.6 Å². The number of carbonyl (C=O) groups is 6. The molecule has 0 N–H and O–H groups in total. The number of carbonyl (C=O) groups excluding carboxylic acids is 6. The maximum absolute atomic E-state index is 12.5. The highest BCUT2D eigenvalue weighted by Gasteiger charge is 2.33. The Balaban J connectivity index is 5.09. The lowest BCUT2D eigenvalue weighted by Gasteiger charge is -2.18. The van der Waals surface area contributed by atoms with Crippen LogP contribution in [0.3, 0.4) is 0 Å². The van der Waals surface area contributed by atoms with Crippen LogP contribution in [0.25, 0.3) is 0 Å². The second-order valence-corrected chi connectivity index (χ2v) is 8.61. The first kappa shape index (κ1) is 36.3. The van der Waals surface area contributed by atoms with Crippen molar-refractivity contribution in [3.8, 4) is 0 Å². The van der Waals surface area contributed by atoms with Gasteiger partial charge in [0.2, 0.25) is 0 Å². The van der Waals surface area contributed by atoms with E-state index in [4.69, 9.17) is 28.4 Å². The van der Waals surface area contributed by atoms with Crippen molar-refractivity contribution < 1.29 is 57.2 Å². The van der Waals surface area contributed by atoms with Gasteiger partial charge in [0, 0.05) is 11.1 Å². The van der Waals surface area contributed by atoms with Gasteiger partial charge in [-0.2, -0.15) is 0 Å². The van der Waals surface area contributed by atoms with E-state index in [0.717, 1.165) is 0 Å². The Morgan fingerprint density at radius 3 is 1.07 bits per heavy atom. The van der Waals surface area contributed by atoms with Gasteiger partial charge >= 0.3 is 35.8 Å². The number of ether oxygens (including phenoxy) is 6. The minimum atomic E-state index is -1.31. The van der Waals surface area contributed by atoms with Crippen LogP contribution < -0.4 is 0 Å². The maximum atomic E-state index is 12.5. The molecule has 0 rings (SSSR count). The Labute approximate surface area is 235 Å². The third-order valence-corrected chi connectivity index (χ3v) is 5.06. The summed E-state index contributed by atoms with van der Waals surface area (Å²) >= 11 is 0. The Morgan fingerprint density at radius 2 is 0.775 bits per heavy atom. The highest BCUT2D eigenvalue weighted by molar-refractivity contribution is 5.97. The van der Waals surface area contributed by atoms with E-state index in [1.807, 2.05) is 0 Å². The zero-order chi connectivity index (χ0) is 30.5. The lowest BCUT2D eigenvalue weighted by atomic mass is 9.97. The third kappa shape index (κ3) is 14.5. The summed E-state index contributed by atoms with van der Waals surface area (Å²) in [5, 5.41) is 0. The smallest absolute Gasteiger partial charge is 0.334 e. The summed E-state index contributed by atoms with van der Waals surface area (Å²) in [4.78, 5) is 73.9. The number of hydrogen-bond acceptors (Lipinski definition) is 12. The second-order valence-electron chi connectivity index (χ2n) is 8.61. The highest BCUT2D eigenvalue weighted by Crippen LogP contribution is 2.20. The van der Waals surface area contributed by atoms with E-state index in [2.05, 4.69) is 13.2 Å². The van der Waals surface area contributed by atoms with Crippen molar-refractivity contribution in [2.75, 3.05) is 39.6 Å². The lowest BCUT2D eigenvalue weighted by Crippen LogP contribution is -2.29. The molecule has 0 aromatic rings. The molecule has 0 aliphatic carbocycles. The average molecular weight is 571 g/mol. The molecule has 40 heavy (non-hydrogen) atoms. The molecule has 0 aromatic heterocycles. The van der Waals surface area contributed by atoms with Crippen LogP contribution in [0.15, 0.2) is 24.3 Å². The molecule has 0 aliphatic heterocycles. The molecule has 0 saturated heterocycles. The minimum Gasteiger partial charge on any atom is -0.466 e. The van der Waals surface area contributed by atoms with E-state index in [1.54, 1.807) is 27.7 Å². The quantitative estimate of drug-likeness (QED) is 0.0861. The van der Waals surface area contributed by atoms with Crippen molar-refractivity contribution >= 4 is 35.8 Å². The van der Waals surface area contributed by atoms with Crippen LogP contribution in [0.2, 0.25) is 0 Å². The van der Waals surface area contributed by atoms with Gasteiger partial charge < -0.3 is 28.4 Å². The fourth-order valence-electron chi connectivity index (χ4n) is 2.93. The van der Waals surface area contributed by atoms with Gasteiger partial charge in [-0.05, 0) is 25.7 Å². The second kappa shape index (κ2) is 21.2. The van der Waals surface area contributed by atoms with Crippen LogP contribution in [0, 0.1) is 11.8 Å². The highest BCUT2D eigenvalue weighted by atomic mass is 16.6. The average Bonchev–Trinajstić information content (AvgIpc) is 2.94. The zero-order valence-electron chi connectivity index (χ0n) is 24.0. The summed E-state index contributed by atoms with van der Waals surface area (Å²) in [6, 6.07) is 0. The Kier molecular flexibility index (Phi) is 19.2. The number of esters is 6. The normalized spacial score (nSPS) is 11.8. The van der Waals surface area contributed by atoms with E-state index in [1.165, 1.54) is 0 Å². The minimum absolute atomic E-state index is 0.0881. The standard InChI is InChI=1S/C28H42O12/c1-7-11-35-23(29)17-21(27(33)37-13-9-3)19(5)25(31)39-15-16-40-26(32)20(6)22(28(34)38-14-10-4)18-24(30)36-12-8-2/h21-22H,5-18H2,1-4H3. The summed E-state index contributed by atoms with van der Waals surface area (Å²) in [5.74, 6) is -7.68. The van der Waals surface area contributed by atoms with E-state index in [0.29, 0.717) is 25.7 Å². The van der Waals surface area contributed by atoms with Crippen molar-refractivity contribution in [3.63, 3.8) is 0 Å². The summed E-state index contributed by atoms with van der Waals surface area (Å²) < 4.78 is 30.2. The van der Waals surface area contributed by atoms with Gasteiger partial charge in [0.25, 0.3) is 0 Å². The first-order chi connectivity index (χ1) is 19.0. The lowest BCUT2D eigenvalue weighted by molar-refractivity contribution is -0.157. The van der Waals surface area contributed by atoms with Crippen LogP contribution in [0.5, 0.6) is 0 Å². The predicted octanol–water partition coefficient (Wildman–Crippen LogP) is 3.01. The molecule has 0 aliphatic rings. The summed E-state index contributed by atoms with van der Waals surface area (Å²) in [7, 11) is 0. The molecule has 2 atom stereocenters. The molecule has 0 amide bonds. The van der Waals surface area contributed by atoms with Gasteiger partial charge in [-0.25, -0.2) is 9.59 Å². The molecule has 226 valence electrons. The van der Waals surface area contributed by atoms with Crippen molar-refractivity contribution in [2.45, 2.75) is 66.2 Å². The first-order valence-electron chi connectivity index (χ1n) is 13.4. The monoisotopic (exact) mass is 570 g/mol. The van der Waals surface area contributed by atoms with Gasteiger partial charge in [-0.15, -0.1) is 0 Å². The van der Waals surface area contributed by atoms with Crippen molar-refractivity contribution in [1.82, 2.24) is 0 Å². The van der Waals surface area contributed by atoms with Gasteiger partial charge in [0.1, 0.15) is 13.2 Å². The van der Waals surface area contributed by atoms with Gasteiger partial charge in [-0.1, -0.05) is 40.9 Å². The fraction of sp³-hybridized carbons (Fsp3) is 0.643. The topological polar surface area (TPSA) is 158 Å². The van der Waals surface area contributed by atoms with Crippen molar-refractivity contribution in [3.05, 3.63) is 24.3 Å². The summed E-state index contributed by atoms with van der Waals surface area (Å²) in [5.41, 5.74) is -0.649. The SMILES string of the molecule is C=C(C(=O)OCCOC(=O)C(=C)C(CC(=O)OCCC)C(=O)OCCC)C(CC(=O)OCCC)C(=O)OCCC. The van der Waals surface area contributed by atoms with Gasteiger partial charge in [0.05, 0.1) is 51.1 Å². The molecule has 2 unspecified atom stereocenters. The maximum Gasteiger partial charge on any atom is 0.334 e. The third-order valence-electron chi connectivity index (χ3n) is 5.06. The molecule has 12 nitrogen and oxygen atoms in total. The molecule has 0 aromatic carbocycles. The van der Waals surface area contributed by atoms with Crippen LogP contribution in [0.4, 0.5) is 0 Å². The van der Waals surface area contributed by atoms with Crippen molar-refractivity contribution in [1.29, 1.82) is 0 Å². The van der Waals surface area contributed by atoms with Crippen LogP contribution >= 0.6 is 0 Å². The molecule has 0 saturated carbocycles. The fourth-order valence-corrected chi connectivity index (χ4v) is 2.93. The van der Waals surface area contributed by atoms with Crippen molar-refractivity contribution in [2.24, 2.45) is 11.8 Å². The van der Waals surface area contributed by atoms with E-state index >= 15 is 0 Å². The first-order valence-corrected chi connectivity index (χ1v) is 13.4. The molecule has 12 heteroatoms. The molecule has 0 radical (unpaired) electrons. The van der Waals surface area contributed by atoms with E-state index < -0.39 is 73.7 Å². The Bertz CT molecular complexity index is 820. The number of hydrogen-bond donors (Lipinski definition) is 0. The molecule has 0 heterocycles. The van der Waals surface area contributed by atoms with Crippen LogP contribution in [-0.4, -0.2) is 75.5 Å². The van der Waals surface area contributed by atoms with Crippen LogP contribution in [0.1, 0.15) is 66.2 Å². The Hall–Kier alpha value is -3.70. The summed E-state index contributed by atoms with van der Waals surface area (Å²) in [6.07, 6.45) is 1.30. The molecule has 0 spiro atoms. The van der Waals surface area contributed by atoms with Gasteiger partial charge in [-0.3, -0.25) is 19.2 Å². The molecule has 0 bridgehead atoms. The van der Waals surface area contributed by atoms with Crippen LogP contribution in [-0.2, 0) is 57.2 Å². The van der Waals surface area contributed by atoms with Gasteiger partial charge in [0.15, 0.2) is 0 Å². The van der Waals surface area contributed by atoms with E-state index in [9.17, 15) is 28.8 Å². The molecular weight excluding hydrogens is 528 g/mol. The number of rotatable bonds is 21. The molecular formula is C28H42O12. The Morgan fingerprint density at radius 1 is 0.475 bits per heavy atom. The predicted molar refractivity (Wildman–Crippen MR) is 141 cm³/mol. The zero-order valence-corrected chi connectivity index (χ0v) is 24.0. The summed E-state index contributed by atoms with van der Waals surface area (Å²) in [6.45, 7) is 13.9.